The molecule has 0 radical (unpaired) electrons. The van der Waals surface area contributed by atoms with E-state index in [4.69, 9.17) is 15.2 Å². The topological polar surface area (TPSA) is 73.6 Å². The lowest BCUT2D eigenvalue weighted by Gasteiger charge is -2.13. The molecule has 5 nitrogen and oxygen atoms in total. The molecule has 1 aromatic carbocycles. The van der Waals surface area contributed by atoms with Crippen molar-refractivity contribution in [1.82, 2.24) is 0 Å². The van der Waals surface area contributed by atoms with Gasteiger partial charge in [-0.3, -0.25) is 4.79 Å². The molecule has 6 heteroatoms. The summed E-state index contributed by atoms with van der Waals surface area (Å²) in [4.78, 5) is 12.0. The Hall–Kier alpha value is -1.46. The molecule has 0 bridgehead atoms. The Bertz CT molecular complexity index is 441. The molecule has 0 spiro atoms. The number of nitrogens with two attached hydrogens (primary N) is 1. The zero-order chi connectivity index (χ0) is 15.5. The molecule has 0 aliphatic heterocycles. The van der Waals surface area contributed by atoms with Gasteiger partial charge in [-0.2, -0.15) is 0 Å². The second-order valence-corrected chi connectivity index (χ2v) is 4.80. The van der Waals surface area contributed by atoms with Crippen LogP contribution in [0, 0.1) is 0 Å². The summed E-state index contributed by atoms with van der Waals surface area (Å²) in [5, 5.41) is 2.89. The summed E-state index contributed by atoms with van der Waals surface area (Å²) in [5.41, 5.74) is 6.10. The maximum absolute atomic E-state index is 12.0. The summed E-state index contributed by atoms with van der Waals surface area (Å²) < 4.78 is 10.7. The first-order chi connectivity index (χ1) is 10.2. The minimum atomic E-state index is -0.00282. The molecule has 3 N–H and O–H groups in total. The highest BCUT2D eigenvalue weighted by atomic mass is 35.5. The van der Waals surface area contributed by atoms with Gasteiger partial charge in [0.2, 0.25) is 5.91 Å². The van der Waals surface area contributed by atoms with Crippen molar-refractivity contribution in [2.75, 3.05) is 25.6 Å². The van der Waals surface area contributed by atoms with Crippen molar-refractivity contribution >= 4 is 24.0 Å². The fraction of sp³-hybridized carbons (Fsp3) is 0.562. The van der Waals surface area contributed by atoms with Gasteiger partial charge in [-0.25, -0.2) is 0 Å². The number of halogens is 1. The van der Waals surface area contributed by atoms with Gasteiger partial charge in [0.1, 0.15) is 11.5 Å². The number of hydrogen-bond acceptors (Lipinski definition) is 4. The van der Waals surface area contributed by atoms with E-state index in [1.54, 1.807) is 19.2 Å². The molecular formula is C16H27ClN2O3. The van der Waals surface area contributed by atoms with Crippen molar-refractivity contribution in [2.24, 2.45) is 5.73 Å². The predicted molar refractivity (Wildman–Crippen MR) is 92.2 cm³/mol. The van der Waals surface area contributed by atoms with Gasteiger partial charge in [0.15, 0.2) is 0 Å². The van der Waals surface area contributed by atoms with Gasteiger partial charge in [0.25, 0.3) is 0 Å². The summed E-state index contributed by atoms with van der Waals surface area (Å²) in [6.45, 7) is 3.18. The number of methoxy groups -OCH3 is 1. The lowest BCUT2D eigenvalue weighted by Crippen LogP contribution is -2.12. The van der Waals surface area contributed by atoms with E-state index in [2.05, 4.69) is 5.32 Å². The van der Waals surface area contributed by atoms with Crippen LogP contribution < -0.4 is 20.5 Å². The molecule has 22 heavy (non-hydrogen) atoms. The molecule has 0 aliphatic rings. The highest BCUT2D eigenvalue weighted by Gasteiger charge is 2.09. The van der Waals surface area contributed by atoms with Crippen LogP contribution in [0.25, 0.3) is 0 Å². The number of nitrogens with one attached hydrogen (secondary N) is 1. The van der Waals surface area contributed by atoms with E-state index in [1.165, 1.54) is 0 Å². The van der Waals surface area contributed by atoms with Crippen LogP contribution in [0.3, 0.4) is 0 Å². The van der Waals surface area contributed by atoms with Gasteiger partial charge >= 0.3 is 0 Å². The maximum atomic E-state index is 12.0. The van der Waals surface area contributed by atoms with E-state index in [9.17, 15) is 4.79 Å². The molecule has 1 amide bonds. The van der Waals surface area contributed by atoms with Crippen LogP contribution in [0.5, 0.6) is 11.5 Å². The van der Waals surface area contributed by atoms with Crippen LogP contribution in [0.15, 0.2) is 18.2 Å². The van der Waals surface area contributed by atoms with E-state index < -0.39 is 0 Å². The third-order valence-electron chi connectivity index (χ3n) is 3.12. The maximum Gasteiger partial charge on any atom is 0.224 e. The van der Waals surface area contributed by atoms with Gasteiger partial charge in [-0.05, 0) is 38.4 Å². The lowest BCUT2D eigenvalue weighted by molar-refractivity contribution is -0.116. The van der Waals surface area contributed by atoms with Crippen molar-refractivity contribution in [3.05, 3.63) is 18.2 Å². The van der Waals surface area contributed by atoms with E-state index in [1.807, 2.05) is 13.0 Å². The zero-order valence-corrected chi connectivity index (χ0v) is 14.2. The number of hydrogen-bond donors (Lipinski definition) is 2. The standard InChI is InChI=1S/C16H26N2O3.ClH/c1-3-21-15-10-9-13(20-2)12-14(15)18-16(19)8-6-4-5-7-11-17;/h9-10,12H,3-8,11,17H2,1-2H3,(H,18,19);1H. The van der Waals surface area contributed by atoms with Crippen LogP contribution in [-0.2, 0) is 4.79 Å². The van der Waals surface area contributed by atoms with Crippen molar-refractivity contribution in [3.63, 3.8) is 0 Å². The second kappa shape index (κ2) is 12.1. The molecule has 0 fully saturated rings. The Morgan fingerprint density at radius 3 is 2.59 bits per heavy atom. The van der Waals surface area contributed by atoms with E-state index >= 15 is 0 Å². The second-order valence-electron chi connectivity index (χ2n) is 4.80. The molecule has 0 atom stereocenters. The molecule has 0 aliphatic carbocycles. The smallest absolute Gasteiger partial charge is 0.224 e. The number of ether oxygens (including phenoxy) is 2. The Balaban J connectivity index is 0.00000441. The van der Waals surface area contributed by atoms with Crippen LogP contribution in [0.2, 0.25) is 0 Å². The lowest BCUT2D eigenvalue weighted by atomic mass is 10.1. The average Bonchev–Trinajstić information content (AvgIpc) is 2.49. The third-order valence-corrected chi connectivity index (χ3v) is 3.12. The van der Waals surface area contributed by atoms with Crippen molar-refractivity contribution in [3.8, 4) is 11.5 Å². The molecule has 126 valence electrons. The number of carbonyl (C=O) groups excluding carboxylic acids is 1. The average molecular weight is 331 g/mol. The number of anilines is 1. The summed E-state index contributed by atoms with van der Waals surface area (Å²) in [6, 6.07) is 5.39. The highest BCUT2D eigenvalue weighted by Crippen LogP contribution is 2.29. The molecule has 0 saturated carbocycles. The fourth-order valence-electron chi connectivity index (χ4n) is 2.01. The van der Waals surface area contributed by atoms with Gasteiger partial charge in [0, 0.05) is 12.5 Å². The van der Waals surface area contributed by atoms with Crippen LogP contribution in [0.4, 0.5) is 5.69 Å². The Morgan fingerprint density at radius 1 is 1.23 bits per heavy atom. The van der Waals surface area contributed by atoms with Gasteiger partial charge < -0.3 is 20.5 Å². The highest BCUT2D eigenvalue weighted by molar-refractivity contribution is 5.92. The minimum absolute atomic E-state index is 0. The molecular weight excluding hydrogens is 304 g/mol. The first-order valence-corrected chi connectivity index (χ1v) is 7.52. The SMILES string of the molecule is CCOc1ccc(OC)cc1NC(=O)CCCCCCN.Cl. The Kier molecular flexibility index (Phi) is 11.3. The van der Waals surface area contributed by atoms with Crippen LogP contribution >= 0.6 is 12.4 Å². The van der Waals surface area contributed by atoms with Gasteiger partial charge in [0.05, 0.1) is 19.4 Å². The van der Waals surface area contributed by atoms with Crippen LogP contribution in [0.1, 0.15) is 39.0 Å². The molecule has 0 aromatic heterocycles. The number of amides is 1. The first-order valence-electron chi connectivity index (χ1n) is 7.52. The molecule has 0 unspecified atom stereocenters. The van der Waals surface area contributed by atoms with Crippen molar-refractivity contribution in [2.45, 2.75) is 39.0 Å². The van der Waals surface area contributed by atoms with Crippen molar-refractivity contribution < 1.29 is 14.3 Å². The first kappa shape index (κ1) is 20.5. The molecule has 1 rings (SSSR count). The summed E-state index contributed by atoms with van der Waals surface area (Å²) in [5.74, 6) is 1.35. The normalized spacial score (nSPS) is 9.77. The van der Waals surface area contributed by atoms with Gasteiger partial charge in [-0.1, -0.05) is 12.8 Å². The molecule has 1 aromatic rings. The number of rotatable bonds is 10. The zero-order valence-electron chi connectivity index (χ0n) is 13.4. The van der Waals surface area contributed by atoms with E-state index in [-0.39, 0.29) is 18.3 Å². The largest absolute Gasteiger partial charge is 0.497 e. The Morgan fingerprint density at radius 2 is 1.95 bits per heavy atom. The Labute approximate surface area is 139 Å². The monoisotopic (exact) mass is 330 g/mol. The quantitative estimate of drug-likeness (QED) is 0.645. The minimum Gasteiger partial charge on any atom is -0.497 e. The van der Waals surface area contributed by atoms with Crippen molar-refractivity contribution in [1.29, 1.82) is 0 Å². The van der Waals surface area contributed by atoms with Gasteiger partial charge in [-0.15, -0.1) is 12.4 Å². The predicted octanol–water partition coefficient (Wildman–Crippen LogP) is 3.36. The van der Waals surface area contributed by atoms with E-state index in [0.717, 1.165) is 25.7 Å². The van der Waals surface area contributed by atoms with Crippen LogP contribution in [-0.4, -0.2) is 26.2 Å². The summed E-state index contributed by atoms with van der Waals surface area (Å²) in [7, 11) is 1.60. The van der Waals surface area contributed by atoms with E-state index in [0.29, 0.717) is 36.8 Å². The number of unbranched alkanes of at least 4 members (excludes halogenated alkanes) is 3. The number of benzene rings is 1. The fourth-order valence-corrected chi connectivity index (χ4v) is 2.01. The summed E-state index contributed by atoms with van der Waals surface area (Å²) >= 11 is 0. The molecule has 0 heterocycles. The third kappa shape index (κ3) is 7.52. The number of carbonyl (C=O) groups is 1. The summed E-state index contributed by atoms with van der Waals surface area (Å²) in [6.07, 6.45) is 4.51. The molecule has 0 saturated heterocycles.